The van der Waals surface area contributed by atoms with E-state index in [0.29, 0.717) is 0 Å². The fourth-order valence-corrected chi connectivity index (χ4v) is 0.921. The molecule has 0 aliphatic carbocycles. The summed E-state index contributed by atoms with van der Waals surface area (Å²) in [6, 6.07) is 1.54. The largest absolute Gasteiger partial charge is 0.573 e. The maximum Gasteiger partial charge on any atom is 0.573 e. The normalized spacial score (nSPS) is 10.9. The molecule has 0 spiro atoms. The molecule has 4 nitrogen and oxygen atoms in total. The summed E-state index contributed by atoms with van der Waals surface area (Å²) in [7, 11) is 0. The van der Waals surface area contributed by atoms with Crippen molar-refractivity contribution in [3.05, 3.63) is 17.5 Å². The number of nitrogens with zero attached hydrogens (tertiary/aromatic N) is 2. The molecule has 1 rings (SSSR count). The Morgan fingerprint density at radius 2 is 2.13 bits per heavy atom. The van der Waals surface area contributed by atoms with Gasteiger partial charge in [0.25, 0.3) is 0 Å². The van der Waals surface area contributed by atoms with Crippen molar-refractivity contribution in [1.29, 1.82) is 5.26 Å². The standard InChI is InChI=1S/C8H6F3N3O/c1-4-7(13)5(2-12)6(3-14-4)15-8(9,10)11/h3H,13H2,1H3. The molecule has 1 aromatic rings. The number of ether oxygens (including phenoxy) is 1. The summed E-state index contributed by atoms with van der Waals surface area (Å²) >= 11 is 0. The Kier molecular flexibility index (Phi) is 2.70. The number of hydrogen-bond acceptors (Lipinski definition) is 4. The van der Waals surface area contributed by atoms with Gasteiger partial charge in [-0.1, -0.05) is 0 Å². The molecule has 0 atom stereocenters. The van der Waals surface area contributed by atoms with Crippen LogP contribution in [-0.2, 0) is 0 Å². The molecule has 80 valence electrons. The van der Waals surface area contributed by atoms with Crippen LogP contribution in [0.25, 0.3) is 0 Å². The molecule has 0 amide bonds. The average molecular weight is 217 g/mol. The van der Waals surface area contributed by atoms with E-state index in [2.05, 4.69) is 9.72 Å². The number of aryl methyl sites for hydroxylation is 1. The van der Waals surface area contributed by atoms with Crippen LogP contribution in [-0.4, -0.2) is 11.3 Å². The second kappa shape index (κ2) is 3.65. The molecule has 0 aliphatic heterocycles. The number of rotatable bonds is 1. The number of nitrogen functional groups attached to an aromatic ring is 1. The Morgan fingerprint density at radius 3 is 2.60 bits per heavy atom. The van der Waals surface area contributed by atoms with E-state index in [-0.39, 0.29) is 16.9 Å². The second-order valence-electron chi connectivity index (χ2n) is 2.66. The summed E-state index contributed by atoms with van der Waals surface area (Å²) in [6.45, 7) is 1.48. The number of nitrogens with two attached hydrogens (primary N) is 1. The van der Waals surface area contributed by atoms with Gasteiger partial charge in [0.15, 0.2) is 5.75 Å². The van der Waals surface area contributed by atoms with Gasteiger partial charge in [-0.05, 0) is 6.92 Å². The van der Waals surface area contributed by atoms with Crippen LogP contribution >= 0.6 is 0 Å². The minimum Gasteiger partial charge on any atom is -0.403 e. The van der Waals surface area contributed by atoms with Gasteiger partial charge in [0.2, 0.25) is 0 Å². The van der Waals surface area contributed by atoms with Crippen LogP contribution in [0.3, 0.4) is 0 Å². The lowest BCUT2D eigenvalue weighted by Gasteiger charge is -2.11. The van der Waals surface area contributed by atoms with E-state index in [4.69, 9.17) is 11.0 Å². The third-order valence-electron chi connectivity index (χ3n) is 1.62. The fraction of sp³-hybridized carbons (Fsp3) is 0.250. The molecule has 0 saturated carbocycles. The smallest absolute Gasteiger partial charge is 0.403 e. The Balaban J connectivity index is 3.21. The van der Waals surface area contributed by atoms with E-state index in [9.17, 15) is 13.2 Å². The molecule has 1 aromatic heterocycles. The molecule has 2 N–H and O–H groups in total. The summed E-state index contributed by atoms with van der Waals surface area (Å²) in [5, 5.41) is 8.62. The van der Waals surface area contributed by atoms with Crippen molar-refractivity contribution in [2.75, 3.05) is 5.73 Å². The summed E-state index contributed by atoms with van der Waals surface area (Å²) in [5.74, 6) is -0.687. The van der Waals surface area contributed by atoms with Crippen molar-refractivity contribution in [2.24, 2.45) is 0 Å². The highest BCUT2D eigenvalue weighted by atomic mass is 19.4. The molecule has 7 heteroatoms. The van der Waals surface area contributed by atoms with E-state index < -0.39 is 12.1 Å². The third-order valence-corrected chi connectivity index (χ3v) is 1.62. The summed E-state index contributed by atoms with van der Waals surface area (Å²) in [4.78, 5) is 3.57. The van der Waals surface area contributed by atoms with Crippen LogP contribution in [0.15, 0.2) is 6.20 Å². The number of pyridine rings is 1. The first-order valence-electron chi connectivity index (χ1n) is 3.76. The Morgan fingerprint density at radius 1 is 1.53 bits per heavy atom. The summed E-state index contributed by atoms with van der Waals surface area (Å²) < 4.78 is 39.3. The summed E-state index contributed by atoms with van der Waals surface area (Å²) in [6.07, 6.45) is -4.05. The van der Waals surface area contributed by atoms with E-state index in [0.717, 1.165) is 6.20 Å². The third kappa shape index (κ3) is 2.49. The van der Waals surface area contributed by atoms with Gasteiger partial charge < -0.3 is 10.5 Å². The quantitative estimate of drug-likeness (QED) is 0.777. The highest BCUT2D eigenvalue weighted by molar-refractivity contribution is 5.62. The van der Waals surface area contributed by atoms with Gasteiger partial charge >= 0.3 is 6.36 Å². The molecule has 0 radical (unpaired) electrons. The minimum absolute atomic E-state index is 0.112. The topological polar surface area (TPSA) is 71.9 Å². The fourth-order valence-electron chi connectivity index (χ4n) is 0.921. The number of nitriles is 1. The lowest BCUT2D eigenvalue weighted by Crippen LogP contribution is -2.18. The number of halogens is 3. The maximum absolute atomic E-state index is 11.9. The predicted molar refractivity (Wildman–Crippen MR) is 44.8 cm³/mol. The highest BCUT2D eigenvalue weighted by Gasteiger charge is 2.33. The Bertz CT molecular complexity index is 422. The van der Waals surface area contributed by atoms with Crippen molar-refractivity contribution in [1.82, 2.24) is 4.98 Å². The monoisotopic (exact) mass is 217 g/mol. The molecular formula is C8H6F3N3O. The molecule has 0 fully saturated rings. The SMILES string of the molecule is Cc1ncc(OC(F)(F)F)c(C#N)c1N. The molecular weight excluding hydrogens is 211 g/mol. The summed E-state index contributed by atoms with van der Waals surface area (Å²) in [5.41, 5.74) is 5.19. The first-order chi connectivity index (χ1) is 6.85. The van der Waals surface area contributed by atoms with Gasteiger partial charge in [0.05, 0.1) is 17.6 Å². The van der Waals surface area contributed by atoms with Gasteiger partial charge in [-0.25, -0.2) is 0 Å². The highest BCUT2D eigenvalue weighted by Crippen LogP contribution is 2.29. The van der Waals surface area contributed by atoms with Crippen LogP contribution < -0.4 is 10.5 Å². The molecule has 0 unspecified atom stereocenters. The minimum atomic E-state index is -4.87. The first kappa shape index (κ1) is 11.1. The van der Waals surface area contributed by atoms with Crippen molar-refractivity contribution >= 4 is 5.69 Å². The van der Waals surface area contributed by atoms with Crippen molar-refractivity contribution in [2.45, 2.75) is 13.3 Å². The predicted octanol–water partition coefficient (Wildman–Crippen LogP) is 1.74. The first-order valence-corrected chi connectivity index (χ1v) is 3.76. The number of alkyl halides is 3. The average Bonchev–Trinajstić information content (AvgIpc) is 2.10. The molecule has 0 aromatic carbocycles. The van der Waals surface area contributed by atoms with Gasteiger partial charge in [0.1, 0.15) is 11.6 Å². The van der Waals surface area contributed by atoms with Crippen LogP contribution in [0, 0.1) is 18.3 Å². The maximum atomic E-state index is 11.9. The molecule has 0 aliphatic rings. The van der Waals surface area contributed by atoms with Gasteiger partial charge in [-0.15, -0.1) is 13.2 Å². The molecule has 1 heterocycles. The van der Waals surface area contributed by atoms with Crippen molar-refractivity contribution < 1.29 is 17.9 Å². The van der Waals surface area contributed by atoms with Gasteiger partial charge in [0, 0.05) is 0 Å². The zero-order valence-corrected chi connectivity index (χ0v) is 7.59. The Labute approximate surface area is 83.1 Å². The lowest BCUT2D eigenvalue weighted by atomic mass is 10.2. The number of anilines is 1. The number of hydrogen-bond donors (Lipinski definition) is 1. The Hall–Kier alpha value is -1.97. The van der Waals surface area contributed by atoms with Gasteiger partial charge in [-0.2, -0.15) is 5.26 Å². The van der Waals surface area contributed by atoms with E-state index >= 15 is 0 Å². The van der Waals surface area contributed by atoms with Gasteiger partial charge in [-0.3, -0.25) is 4.98 Å². The zero-order valence-electron chi connectivity index (χ0n) is 7.59. The molecule has 15 heavy (non-hydrogen) atoms. The molecule has 0 bridgehead atoms. The van der Waals surface area contributed by atoms with Crippen LogP contribution in [0.4, 0.5) is 18.9 Å². The number of aromatic nitrogens is 1. The van der Waals surface area contributed by atoms with Crippen molar-refractivity contribution in [3.63, 3.8) is 0 Å². The van der Waals surface area contributed by atoms with Crippen LogP contribution in [0.5, 0.6) is 5.75 Å². The second-order valence-corrected chi connectivity index (χ2v) is 2.66. The molecule has 0 saturated heterocycles. The van der Waals surface area contributed by atoms with E-state index in [1.165, 1.54) is 13.0 Å². The van der Waals surface area contributed by atoms with Crippen molar-refractivity contribution in [3.8, 4) is 11.8 Å². The van der Waals surface area contributed by atoms with E-state index in [1.807, 2.05) is 0 Å². The van der Waals surface area contributed by atoms with Crippen LogP contribution in [0.2, 0.25) is 0 Å². The lowest BCUT2D eigenvalue weighted by molar-refractivity contribution is -0.274. The zero-order chi connectivity index (χ0) is 11.6. The van der Waals surface area contributed by atoms with E-state index in [1.54, 1.807) is 0 Å². The van der Waals surface area contributed by atoms with Crippen LogP contribution in [0.1, 0.15) is 11.3 Å².